The number of benzene rings is 2. The van der Waals surface area contributed by atoms with Gasteiger partial charge in [0.15, 0.2) is 9.84 Å². The van der Waals surface area contributed by atoms with Crippen LogP contribution in [-0.2, 0) is 14.6 Å². The van der Waals surface area contributed by atoms with E-state index in [0.717, 1.165) is 42.8 Å². The molecule has 0 bridgehead atoms. The van der Waals surface area contributed by atoms with E-state index in [-0.39, 0.29) is 29.0 Å². The quantitative estimate of drug-likeness (QED) is 0.641. The van der Waals surface area contributed by atoms with E-state index in [1.54, 1.807) is 31.4 Å². The maximum absolute atomic E-state index is 12.5. The molecule has 0 radical (unpaired) electrons. The highest BCUT2D eigenvalue weighted by Gasteiger charge is 2.23. The topological polar surface area (TPSA) is 75.7 Å². The third kappa shape index (κ3) is 6.55. The molecule has 0 aliphatic carbocycles. The van der Waals surface area contributed by atoms with Crippen LogP contribution in [0.1, 0.15) is 42.9 Å². The van der Waals surface area contributed by atoms with Crippen LogP contribution in [0.4, 0.5) is 0 Å². The number of nitrogens with zero attached hydrogens (tertiary/aromatic N) is 1. The zero-order valence-corrected chi connectivity index (χ0v) is 19.2. The highest BCUT2D eigenvalue weighted by molar-refractivity contribution is 7.91. The van der Waals surface area contributed by atoms with Gasteiger partial charge in [-0.1, -0.05) is 36.2 Å². The fraction of sp³-hybridized carbons (Fsp3) is 0.458. The number of nitrogens with one attached hydrogen (secondary N) is 1. The number of carbonyl (C=O) groups excluding carboxylic acids is 1. The summed E-state index contributed by atoms with van der Waals surface area (Å²) in [6, 6.07) is 14.7. The van der Waals surface area contributed by atoms with E-state index in [1.807, 2.05) is 31.2 Å². The number of likely N-dealkylation sites (tertiary alicyclic amines) is 1. The molecule has 1 amide bonds. The Bertz CT molecular complexity index is 950. The van der Waals surface area contributed by atoms with Crippen molar-refractivity contribution in [2.75, 3.05) is 32.5 Å². The summed E-state index contributed by atoms with van der Waals surface area (Å²) in [7, 11) is -1.84. The van der Waals surface area contributed by atoms with Gasteiger partial charge >= 0.3 is 0 Å². The molecule has 0 unspecified atom stereocenters. The van der Waals surface area contributed by atoms with Crippen LogP contribution in [0.2, 0.25) is 0 Å². The highest BCUT2D eigenvalue weighted by Crippen LogP contribution is 2.26. The Balaban J connectivity index is 1.60. The van der Waals surface area contributed by atoms with Crippen molar-refractivity contribution in [3.8, 4) is 5.75 Å². The number of hydrogen-bond donors (Lipinski definition) is 1. The number of hydrogen-bond acceptors (Lipinski definition) is 5. The van der Waals surface area contributed by atoms with Gasteiger partial charge in [-0.2, -0.15) is 0 Å². The van der Waals surface area contributed by atoms with Crippen molar-refractivity contribution in [1.82, 2.24) is 10.2 Å². The van der Waals surface area contributed by atoms with Gasteiger partial charge in [-0.05, 0) is 62.7 Å². The Morgan fingerprint density at radius 2 is 1.68 bits per heavy atom. The molecule has 1 N–H and O–H groups in total. The van der Waals surface area contributed by atoms with Crippen molar-refractivity contribution < 1.29 is 17.9 Å². The minimum absolute atomic E-state index is 0.0501. The molecule has 6 nitrogen and oxygen atoms in total. The molecular weight excluding hydrogens is 412 g/mol. The summed E-state index contributed by atoms with van der Waals surface area (Å²) in [5.41, 5.74) is 2.12. The van der Waals surface area contributed by atoms with E-state index in [1.165, 1.54) is 6.42 Å². The van der Waals surface area contributed by atoms with Gasteiger partial charge in [0.25, 0.3) is 0 Å². The van der Waals surface area contributed by atoms with Crippen molar-refractivity contribution in [2.45, 2.75) is 43.5 Å². The number of aryl methyl sites for hydroxylation is 1. The fourth-order valence-electron chi connectivity index (χ4n) is 3.90. The first-order chi connectivity index (χ1) is 14.9. The normalized spacial score (nSPS) is 15.9. The molecule has 1 aliphatic rings. The summed E-state index contributed by atoms with van der Waals surface area (Å²) in [5, 5.41) is 2.96. The molecule has 1 heterocycles. The summed E-state index contributed by atoms with van der Waals surface area (Å²) >= 11 is 0. The molecule has 0 saturated carbocycles. The lowest BCUT2D eigenvalue weighted by Gasteiger charge is -2.35. The molecule has 2 aromatic rings. The van der Waals surface area contributed by atoms with Crippen molar-refractivity contribution in [3.05, 3.63) is 59.7 Å². The maximum atomic E-state index is 12.5. The predicted octanol–water partition coefficient (Wildman–Crippen LogP) is 3.51. The van der Waals surface area contributed by atoms with Crippen molar-refractivity contribution >= 4 is 15.7 Å². The van der Waals surface area contributed by atoms with Gasteiger partial charge in [0.05, 0.1) is 23.8 Å². The van der Waals surface area contributed by atoms with Crippen molar-refractivity contribution in [1.29, 1.82) is 0 Å². The Morgan fingerprint density at radius 3 is 2.29 bits per heavy atom. The Morgan fingerprint density at radius 1 is 1.03 bits per heavy atom. The summed E-state index contributed by atoms with van der Waals surface area (Å²) < 4.78 is 30.3. The Kier molecular flexibility index (Phi) is 8.09. The van der Waals surface area contributed by atoms with Crippen LogP contribution in [-0.4, -0.2) is 51.7 Å². The van der Waals surface area contributed by atoms with Crippen molar-refractivity contribution in [3.63, 3.8) is 0 Å². The average Bonchev–Trinajstić information content (AvgIpc) is 2.79. The van der Waals surface area contributed by atoms with E-state index in [0.29, 0.717) is 6.54 Å². The third-order valence-corrected chi connectivity index (χ3v) is 7.53. The van der Waals surface area contributed by atoms with Gasteiger partial charge in [0.2, 0.25) is 5.91 Å². The van der Waals surface area contributed by atoms with Crippen LogP contribution in [0.25, 0.3) is 0 Å². The van der Waals surface area contributed by atoms with Crippen molar-refractivity contribution in [2.24, 2.45) is 0 Å². The second-order valence-electron chi connectivity index (χ2n) is 8.07. The number of methoxy groups -OCH3 is 1. The second-order valence-corrected chi connectivity index (χ2v) is 10.2. The molecule has 7 heteroatoms. The molecular formula is C24H32N2O4S. The lowest BCUT2D eigenvalue weighted by atomic mass is 10.0. The van der Waals surface area contributed by atoms with E-state index in [2.05, 4.69) is 10.2 Å². The van der Waals surface area contributed by atoms with Crippen LogP contribution >= 0.6 is 0 Å². The molecule has 1 aliphatic heterocycles. The first-order valence-electron chi connectivity index (χ1n) is 10.8. The number of ether oxygens (including phenoxy) is 1. The molecule has 31 heavy (non-hydrogen) atoms. The Hall–Kier alpha value is -2.38. The minimum Gasteiger partial charge on any atom is -0.497 e. The number of piperidine rings is 1. The summed E-state index contributed by atoms with van der Waals surface area (Å²) in [6.07, 6.45) is 3.48. The van der Waals surface area contributed by atoms with Gasteiger partial charge in [0.1, 0.15) is 5.75 Å². The van der Waals surface area contributed by atoms with E-state index in [4.69, 9.17) is 4.74 Å². The summed E-state index contributed by atoms with van der Waals surface area (Å²) in [4.78, 5) is 15.1. The first-order valence-corrected chi connectivity index (χ1v) is 12.5. The number of sulfone groups is 1. The molecule has 1 saturated heterocycles. The van der Waals surface area contributed by atoms with Gasteiger partial charge in [-0.25, -0.2) is 8.42 Å². The van der Waals surface area contributed by atoms with Crippen LogP contribution in [0, 0.1) is 6.92 Å². The highest BCUT2D eigenvalue weighted by atomic mass is 32.2. The first kappa shape index (κ1) is 23.3. The van der Waals surface area contributed by atoms with Crippen LogP contribution < -0.4 is 10.1 Å². The second kappa shape index (κ2) is 10.8. The predicted molar refractivity (Wildman–Crippen MR) is 122 cm³/mol. The molecule has 0 aromatic heterocycles. The molecule has 2 aromatic carbocycles. The fourth-order valence-corrected chi connectivity index (χ4v) is 5.14. The number of amides is 1. The molecule has 1 fully saturated rings. The van der Waals surface area contributed by atoms with Gasteiger partial charge < -0.3 is 10.1 Å². The standard InChI is InChI=1S/C24H32N2O4S/c1-19-6-12-22(13-7-19)31(28,29)17-14-24(27)25-18-23(26-15-4-3-5-16-26)20-8-10-21(30-2)11-9-20/h6-13,23H,3-5,14-18H2,1-2H3,(H,25,27)/t23-/m1/s1. The van der Waals surface area contributed by atoms with E-state index in [9.17, 15) is 13.2 Å². The van der Waals surface area contributed by atoms with Crippen LogP contribution in [0.15, 0.2) is 53.4 Å². The molecule has 3 rings (SSSR count). The average molecular weight is 445 g/mol. The summed E-state index contributed by atoms with van der Waals surface area (Å²) in [6.45, 7) is 4.35. The molecule has 1 atom stereocenters. The third-order valence-electron chi connectivity index (χ3n) is 5.80. The van der Waals surface area contributed by atoms with Crippen LogP contribution in [0.3, 0.4) is 0 Å². The SMILES string of the molecule is COc1ccc([C@@H](CNC(=O)CCS(=O)(=O)c2ccc(C)cc2)N2CCCCC2)cc1. The Labute approximate surface area is 185 Å². The summed E-state index contributed by atoms with van der Waals surface area (Å²) in [5.74, 6) is 0.358. The molecule has 0 spiro atoms. The van der Waals surface area contributed by atoms with Gasteiger partial charge in [-0.3, -0.25) is 9.69 Å². The smallest absolute Gasteiger partial charge is 0.221 e. The zero-order valence-electron chi connectivity index (χ0n) is 18.3. The maximum Gasteiger partial charge on any atom is 0.221 e. The van der Waals surface area contributed by atoms with Gasteiger partial charge in [-0.15, -0.1) is 0 Å². The van der Waals surface area contributed by atoms with Crippen LogP contribution in [0.5, 0.6) is 5.75 Å². The lowest BCUT2D eigenvalue weighted by Crippen LogP contribution is -2.40. The van der Waals surface area contributed by atoms with E-state index < -0.39 is 9.84 Å². The largest absolute Gasteiger partial charge is 0.497 e. The van der Waals surface area contributed by atoms with E-state index >= 15 is 0 Å². The monoisotopic (exact) mass is 444 g/mol. The number of rotatable bonds is 9. The van der Waals surface area contributed by atoms with Gasteiger partial charge in [0, 0.05) is 13.0 Å². The molecule has 168 valence electrons. The number of carbonyl (C=O) groups is 1. The zero-order chi connectivity index (χ0) is 22.3. The minimum atomic E-state index is -3.48. The lowest BCUT2D eigenvalue weighted by molar-refractivity contribution is -0.121.